The number of ketones is 1. The van der Waals surface area contributed by atoms with Gasteiger partial charge >= 0.3 is 0 Å². The van der Waals surface area contributed by atoms with Gasteiger partial charge in [0.15, 0.2) is 5.78 Å². The lowest BCUT2D eigenvalue weighted by Crippen LogP contribution is -2.51. The van der Waals surface area contributed by atoms with Crippen LogP contribution in [0.25, 0.3) is 0 Å². The van der Waals surface area contributed by atoms with Crippen molar-refractivity contribution in [3.05, 3.63) is 65.5 Å². The maximum absolute atomic E-state index is 13.6. The highest BCUT2D eigenvalue weighted by atomic mass is 19.1. The highest BCUT2D eigenvalue weighted by Crippen LogP contribution is 2.17. The van der Waals surface area contributed by atoms with Gasteiger partial charge in [-0.1, -0.05) is 12.1 Å². The molecular weight excluding hydrogens is 361 g/mol. The monoisotopic (exact) mass is 383 g/mol. The number of hydrogen-bond donors (Lipinski definition) is 1. The van der Waals surface area contributed by atoms with E-state index in [0.29, 0.717) is 31.7 Å². The second kappa shape index (κ2) is 8.65. The van der Waals surface area contributed by atoms with E-state index >= 15 is 0 Å². The van der Waals surface area contributed by atoms with Crippen LogP contribution in [0, 0.1) is 5.82 Å². The lowest BCUT2D eigenvalue weighted by Gasteiger charge is -2.36. The van der Waals surface area contributed by atoms with E-state index in [1.807, 2.05) is 12.1 Å². The van der Waals surface area contributed by atoms with Crippen molar-refractivity contribution in [3.63, 3.8) is 0 Å². The molecule has 0 saturated carbocycles. The summed E-state index contributed by atoms with van der Waals surface area (Å²) in [5.41, 5.74) is 1.60. The molecule has 0 aliphatic carbocycles. The van der Waals surface area contributed by atoms with Gasteiger partial charge in [-0.25, -0.2) is 4.39 Å². The third kappa shape index (κ3) is 4.54. The number of rotatable bonds is 5. The number of piperazine rings is 1. The van der Waals surface area contributed by atoms with Crippen LogP contribution >= 0.6 is 0 Å². The summed E-state index contributed by atoms with van der Waals surface area (Å²) < 4.78 is 13.6. The molecule has 1 heterocycles. The van der Waals surface area contributed by atoms with Crippen LogP contribution < -0.4 is 10.2 Å². The van der Waals surface area contributed by atoms with Crippen molar-refractivity contribution in [2.45, 2.75) is 6.92 Å². The fourth-order valence-electron chi connectivity index (χ4n) is 3.13. The van der Waals surface area contributed by atoms with Gasteiger partial charge in [0.2, 0.25) is 5.91 Å². The van der Waals surface area contributed by atoms with Gasteiger partial charge in [-0.2, -0.15) is 0 Å². The molecule has 1 aliphatic heterocycles. The number of anilines is 1. The van der Waals surface area contributed by atoms with E-state index in [2.05, 4.69) is 10.2 Å². The lowest BCUT2D eigenvalue weighted by molar-refractivity contribution is -0.130. The van der Waals surface area contributed by atoms with E-state index in [1.165, 1.54) is 25.1 Å². The van der Waals surface area contributed by atoms with Crippen molar-refractivity contribution in [1.82, 2.24) is 10.2 Å². The molecule has 146 valence electrons. The molecule has 2 aromatic rings. The minimum absolute atomic E-state index is 0.0272. The van der Waals surface area contributed by atoms with Crippen LogP contribution in [0.2, 0.25) is 0 Å². The van der Waals surface area contributed by atoms with Gasteiger partial charge in [0, 0.05) is 37.4 Å². The first-order valence-electron chi connectivity index (χ1n) is 9.12. The first-order valence-corrected chi connectivity index (χ1v) is 9.12. The van der Waals surface area contributed by atoms with Crippen molar-refractivity contribution >= 4 is 23.3 Å². The smallest absolute Gasteiger partial charge is 0.254 e. The molecule has 0 radical (unpaired) electrons. The highest BCUT2D eigenvalue weighted by Gasteiger charge is 2.22. The number of halogens is 1. The zero-order valence-corrected chi connectivity index (χ0v) is 15.7. The molecule has 1 N–H and O–H groups in total. The molecular formula is C21H22FN3O3. The molecule has 3 rings (SSSR count). The zero-order valence-electron chi connectivity index (χ0n) is 15.7. The minimum atomic E-state index is -0.614. The van der Waals surface area contributed by atoms with Crippen LogP contribution in [0.3, 0.4) is 0 Å². The predicted octanol–water partition coefficient (Wildman–Crippen LogP) is 2.11. The van der Waals surface area contributed by atoms with Crippen LogP contribution in [0.4, 0.5) is 10.1 Å². The van der Waals surface area contributed by atoms with E-state index in [4.69, 9.17) is 0 Å². The van der Waals surface area contributed by atoms with Crippen molar-refractivity contribution in [3.8, 4) is 0 Å². The fourth-order valence-corrected chi connectivity index (χ4v) is 3.13. The largest absolute Gasteiger partial charge is 0.368 e. The maximum atomic E-state index is 13.6. The normalized spacial score (nSPS) is 13.9. The second-order valence-corrected chi connectivity index (χ2v) is 6.63. The molecule has 1 saturated heterocycles. The number of nitrogens with one attached hydrogen (secondary N) is 1. The quantitative estimate of drug-likeness (QED) is 0.803. The number of Topliss-reactive ketones (excluding diaryl/α,β-unsaturated/α-hetero) is 1. The number of nitrogens with zero attached hydrogens (tertiary/aromatic N) is 2. The van der Waals surface area contributed by atoms with E-state index in [9.17, 15) is 18.8 Å². The Kier molecular flexibility index (Phi) is 6.03. The molecule has 1 aliphatic rings. The summed E-state index contributed by atoms with van der Waals surface area (Å²) in [6, 6.07) is 13.1. The molecule has 2 amide bonds. The van der Waals surface area contributed by atoms with Crippen LogP contribution in [-0.4, -0.2) is 55.2 Å². The number of carbonyl (C=O) groups excluding carboxylic acids is 3. The van der Waals surface area contributed by atoms with E-state index in [1.54, 1.807) is 23.1 Å². The van der Waals surface area contributed by atoms with Crippen molar-refractivity contribution in [2.24, 2.45) is 0 Å². The average Bonchev–Trinajstić information content (AvgIpc) is 2.72. The van der Waals surface area contributed by atoms with Crippen LogP contribution in [0.5, 0.6) is 0 Å². The standard InChI is InChI=1S/C21H22FN3O3/c1-15(26)16-6-8-17(9-7-16)24-10-12-25(13-11-24)20(27)14-23-21(28)18-4-2-3-5-19(18)22/h2-9H,10-14H2,1H3,(H,23,28). The Hall–Kier alpha value is -3.22. The summed E-state index contributed by atoms with van der Waals surface area (Å²) in [6.07, 6.45) is 0. The summed E-state index contributed by atoms with van der Waals surface area (Å²) in [7, 11) is 0. The minimum Gasteiger partial charge on any atom is -0.368 e. The summed E-state index contributed by atoms with van der Waals surface area (Å²) in [5.74, 6) is -1.39. The topological polar surface area (TPSA) is 69.7 Å². The number of hydrogen-bond acceptors (Lipinski definition) is 4. The highest BCUT2D eigenvalue weighted by molar-refractivity contribution is 5.96. The summed E-state index contributed by atoms with van der Waals surface area (Å²) in [6.45, 7) is 3.75. The van der Waals surface area contributed by atoms with Crippen molar-refractivity contribution < 1.29 is 18.8 Å². The van der Waals surface area contributed by atoms with Gasteiger partial charge < -0.3 is 15.1 Å². The van der Waals surface area contributed by atoms with Gasteiger partial charge in [-0.15, -0.1) is 0 Å². The van der Waals surface area contributed by atoms with Crippen LogP contribution in [0.1, 0.15) is 27.6 Å². The average molecular weight is 383 g/mol. The molecule has 2 aromatic carbocycles. The predicted molar refractivity (Wildman–Crippen MR) is 104 cm³/mol. The number of benzene rings is 2. The Bertz CT molecular complexity index is 875. The summed E-state index contributed by atoms with van der Waals surface area (Å²) in [4.78, 5) is 39.5. The van der Waals surface area contributed by atoms with E-state index < -0.39 is 11.7 Å². The number of carbonyl (C=O) groups is 3. The van der Waals surface area contributed by atoms with Crippen LogP contribution in [-0.2, 0) is 4.79 Å². The SMILES string of the molecule is CC(=O)c1ccc(N2CCN(C(=O)CNC(=O)c3ccccc3F)CC2)cc1. The van der Waals surface area contributed by atoms with Gasteiger partial charge in [0.05, 0.1) is 12.1 Å². The summed E-state index contributed by atoms with van der Waals surface area (Å²) in [5, 5.41) is 2.48. The van der Waals surface area contributed by atoms with Crippen molar-refractivity contribution in [2.75, 3.05) is 37.6 Å². The molecule has 0 unspecified atom stereocenters. The lowest BCUT2D eigenvalue weighted by atomic mass is 10.1. The molecule has 6 nitrogen and oxygen atoms in total. The second-order valence-electron chi connectivity index (χ2n) is 6.63. The molecule has 0 atom stereocenters. The Balaban J connectivity index is 1.49. The summed E-state index contributed by atoms with van der Waals surface area (Å²) >= 11 is 0. The molecule has 7 heteroatoms. The third-order valence-electron chi connectivity index (χ3n) is 4.79. The first-order chi connectivity index (χ1) is 13.5. The van der Waals surface area contributed by atoms with Crippen molar-refractivity contribution in [1.29, 1.82) is 0 Å². The molecule has 1 fully saturated rings. The molecule has 0 bridgehead atoms. The number of amides is 2. The van der Waals surface area contributed by atoms with E-state index in [-0.39, 0.29) is 23.8 Å². The van der Waals surface area contributed by atoms with Gasteiger partial charge in [0.25, 0.3) is 5.91 Å². The molecule has 28 heavy (non-hydrogen) atoms. The van der Waals surface area contributed by atoms with Gasteiger partial charge in [0.1, 0.15) is 5.82 Å². The van der Waals surface area contributed by atoms with E-state index in [0.717, 1.165) is 5.69 Å². The Morgan fingerprint density at radius 2 is 1.61 bits per heavy atom. The molecule has 0 aromatic heterocycles. The van der Waals surface area contributed by atoms with Crippen LogP contribution in [0.15, 0.2) is 48.5 Å². The maximum Gasteiger partial charge on any atom is 0.254 e. The first kappa shape index (κ1) is 19.5. The van der Waals surface area contributed by atoms with Gasteiger partial charge in [-0.05, 0) is 43.3 Å². The Morgan fingerprint density at radius 1 is 0.964 bits per heavy atom. The Morgan fingerprint density at radius 3 is 2.21 bits per heavy atom. The van der Waals surface area contributed by atoms with Gasteiger partial charge in [-0.3, -0.25) is 14.4 Å². The third-order valence-corrected chi connectivity index (χ3v) is 4.79. The Labute approximate surface area is 162 Å². The zero-order chi connectivity index (χ0) is 20.1. The molecule has 0 spiro atoms. The fraction of sp³-hybridized carbons (Fsp3) is 0.286.